The van der Waals surface area contributed by atoms with Gasteiger partial charge < -0.3 is 5.32 Å². The van der Waals surface area contributed by atoms with Crippen LogP contribution in [0.4, 0.5) is 4.39 Å². The third-order valence-electron chi connectivity index (χ3n) is 1.72. The second-order valence-electron chi connectivity index (χ2n) is 2.43. The molecule has 0 radical (unpaired) electrons. The summed E-state index contributed by atoms with van der Waals surface area (Å²) >= 11 is 1.26. The summed E-state index contributed by atoms with van der Waals surface area (Å²) in [5, 5.41) is 3.15. The Bertz CT molecular complexity index is 220. The predicted octanol–water partition coefficient (Wildman–Crippen LogP) is 1.53. The molecule has 0 saturated heterocycles. The number of hydrogen-bond acceptors (Lipinski definition) is 2. The molecular formula is C7H8FNS. The molecule has 0 aliphatic carbocycles. The summed E-state index contributed by atoms with van der Waals surface area (Å²) in [7, 11) is 0. The van der Waals surface area contributed by atoms with Gasteiger partial charge in [0, 0.05) is 11.4 Å². The fraction of sp³-hybridized carbons (Fsp3) is 0.429. The van der Waals surface area contributed by atoms with E-state index in [-0.39, 0.29) is 5.13 Å². The zero-order valence-corrected chi connectivity index (χ0v) is 6.30. The number of rotatable bonds is 0. The van der Waals surface area contributed by atoms with Crippen LogP contribution in [0.15, 0.2) is 6.07 Å². The molecule has 1 N–H and O–H groups in total. The molecule has 0 amide bonds. The van der Waals surface area contributed by atoms with Gasteiger partial charge in [-0.15, -0.1) is 11.3 Å². The highest BCUT2D eigenvalue weighted by molar-refractivity contribution is 7.10. The van der Waals surface area contributed by atoms with Crippen molar-refractivity contribution < 1.29 is 4.39 Å². The summed E-state index contributed by atoms with van der Waals surface area (Å²) in [5.41, 5.74) is 1.20. The Balaban J connectivity index is 2.41. The van der Waals surface area contributed by atoms with Gasteiger partial charge in [0.05, 0.1) is 0 Å². The molecule has 0 atom stereocenters. The third kappa shape index (κ3) is 0.954. The Morgan fingerprint density at radius 3 is 3.30 bits per heavy atom. The predicted molar refractivity (Wildman–Crippen MR) is 39.7 cm³/mol. The zero-order chi connectivity index (χ0) is 6.97. The zero-order valence-electron chi connectivity index (χ0n) is 5.48. The maximum absolute atomic E-state index is 12.6. The van der Waals surface area contributed by atoms with Crippen LogP contribution in [0.1, 0.15) is 10.4 Å². The minimum absolute atomic E-state index is 0.0475. The summed E-state index contributed by atoms with van der Waals surface area (Å²) in [6.07, 6.45) is 0.982. The number of fused-ring (bicyclic) bond motifs is 1. The lowest BCUT2D eigenvalue weighted by Crippen LogP contribution is -2.21. The van der Waals surface area contributed by atoms with Gasteiger partial charge >= 0.3 is 0 Å². The van der Waals surface area contributed by atoms with Crippen molar-refractivity contribution in [2.45, 2.75) is 13.0 Å². The number of hydrogen-bond donors (Lipinski definition) is 1. The van der Waals surface area contributed by atoms with Crippen LogP contribution >= 0.6 is 11.3 Å². The fourth-order valence-electron chi connectivity index (χ4n) is 1.22. The number of thiophene rings is 1. The maximum Gasteiger partial charge on any atom is 0.176 e. The Morgan fingerprint density at radius 2 is 2.50 bits per heavy atom. The van der Waals surface area contributed by atoms with Crippen molar-refractivity contribution in [2.24, 2.45) is 0 Å². The lowest BCUT2D eigenvalue weighted by Gasteiger charge is -2.10. The van der Waals surface area contributed by atoms with Gasteiger partial charge in [0.2, 0.25) is 0 Å². The number of nitrogens with one attached hydrogen (secondary N) is 1. The first-order valence-electron chi connectivity index (χ1n) is 3.34. The molecule has 0 unspecified atom stereocenters. The molecule has 10 heavy (non-hydrogen) atoms. The van der Waals surface area contributed by atoms with Crippen LogP contribution < -0.4 is 5.32 Å². The normalized spacial score (nSPS) is 16.9. The summed E-state index contributed by atoms with van der Waals surface area (Å²) in [5.74, 6) is 0. The molecule has 54 valence electrons. The summed E-state index contributed by atoms with van der Waals surface area (Å²) in [6.45, 7) is 1.84. The summed E-state index contributed by atoms with van der Waals surface area (Å²) in [4.78, 5) is 1.17. The van der Waals surface area contributed by atoms with Crippen LogP contribution in [-0.4, -0.2) is 6.54 Å². The van der Waals surface area contributed by atoms with E-state index in [1.54, 1.807) is 6.07 Å². The molecule has 0 saturated carbocycles. The Hall–Kier alpha value is -0.410. The van der Waals surface area contributed by atoms with Gasteiger partial charge in [-0.3, -0.25) is 0 Å². The van der Waals surface area contributed by atoms with Crippen molar-refractivity contribution in [3.05, 3.63) is 21.6 Å². The minimum atomic E-state index is -0.0475. The molecule has 1 aliphatic rings. The van der Waals surface area contributed by atoms with Crippen molar-refractivity contribution in [2.75, 3.05) is 6.54 Å². The van der Waals surface area contributed by atoms with Gasteiger partial charge in [-0.1, -0.05) is 0 Å². The van der Waals surface area contributed by atoms with E-state index in [0.717, 1.165) is 19.5 Å². The van der Waals surface area contributed by atoms with E-state index in [9.17, 15) is 4.39 Å². The Morgan fingerprint density at radius 1 is 1.60 bits per heavy atom. The number of halogens is 1. The van der Waals surface area contributed by atoms with E-state index >= 15 is 0 Å². The molecule has 1 aliphatic heterocycles. The molecule has 3 heteroatoms. The highest BCUT2D eigenvalue weighted by Gasteiger charge is 2.11. The molecule has 0 fully saturated rings. The molecule has 0 aromatic carbocycles. The smallest absolute Gasteiger partial charge is 0.176 e. The van der Waals surface area contributed by atoms with Crippen molar-refractivity contribution in [1.82, 2.24) is 5.32 Å². The Kier molecular flexibility index (Phi) is 1.47. The van der Waals surface area contributed by atoms with Crippen LogP contribution in [0.3, 0.4) is 0 Å². The van der Waals surface area contributed by atoms with Gasteiger partial charge in [0.1, 0.15) is 0 Å². The molecule has 2 heterocycles. The molecule has 1 aromatic heterocycles. The van der Waals surface area contributed by atoms with Gasteiger partial charge in [0.15, 0.2) is 5.13 Å². The minimum Gasteiger partial charge on any atom is -0.312 e. The van der Waals surface area contributed by atoms with Crippen LogP contribution in [0, 0.1) is 5.13 Å². The standard InChI is InChI=1S/C7H8FNS/c8-7-3-5-1-2-9-4-6(5)10-7/h3,9H,1-2,4H2. The first-order valence-corrected chi connectivity index (χ1v) is 4.16. The van der Waals surface area contributed by atoms with Gasteiger partial charge in [-0.25, -0.2) is 0 Å². The average molecular weight is 157 g/mol. The van der Waals surface area contributed by atoms with E-state index in [1.807, 2.05) is 0 Å². The van der Waals surface area contributed by atoms with E-state index in [4.69, 9.17) is 0 Å². The monoisotopic (exact) mass is 157 g/mol. The molecule has 1 aromatic rings. The van der Waals surface area contributed by atoms with E-state index in [1.165, 1.54) is 21.8 Å². The van der Waals surface area contributed by atoms with Gasteiger partial charge in [-0.05, 0) is 24.6 Å². The second kappa shape index (κ2) is 2.32. The van der Waals surface area contributed by atoms with E-state index < -0.39 is 0 Å². The second-order valence-corrected chi connectivity index (χ2v) is 3.51. The van der Waals surface area contributed by atoms with Crippen molar-refractivity contribution in [3.8, 4) is 0 Å². The SMILES string of the molecule is Fc1cc2c(s1)CNCC2. The van der Waals surface area contributed by atoms with Crippen molar-refractivity contribution >= 4 is 11.3 Å². The lowest BCUT2D eigenvalue weighted by molar-refractivity contribution is 0.645. The topological polar surface area (TPSA) is 12.0 Å². The molecule has 1 nitrogen and oxygen atoms in total. The highest BCUT2D eigenvalue weighted by Crippen LogP contribution is 2.23. The highest BCUT2D eigenvalue weighted by atomic mass is 32.1. The van der Waals surface area contributed by atoms with E-state index in [0.29, 0.717) is 0 Å². The quantitative estimate of drug-likeness (QED) is 0.602. The summed E-state index contributed by atoms with van der Waals surface area (Å²) in [6, 6.07) is 1.65. The van der Waals surface area contributed by atoms with Crippen molar-refractivity contribution in [3.63, 3.8) is 0 Å². The largest absolute Gasteiger partial charge is 0.312 e. The molecular weight excluding hydrogens is 149 g/mol. The molecule has 0 bridgehead atoms. The Labute approximate surface area is 62.9 Å². The lowest BCUT2D eigenvalue weighted by atomic mass is 10.1. The van der Waals surface area contributed by atoms with Crippen molar-refractivity contribution in [1.29, 1.82) is 0 Å². The van der Waals surface area contributed by atoms with Crippen LogP contribution in [-0.2, 0) is 13.0 Å². The first-order chi connectivity index (χ1) is 4.86. The van der Waals surface area contributed by atoms with Crippen LogP contribution in [0.25, 0.3) is 0 Å². The molecule has 0 spiro atoms. The maximum atomic E-state index is 12.6. The van der Waals surface area contributed by atoms with Gasteiger partial charge in [0.25, 0.3) is 0 Å². The van der Waals surface area contributed by atoms with Gasteiger partial charge in [-0.2, -0.15) is 4.39 Å². The van der Waals surface area contributed by atoms with Crippen LogP contribution in [0.5, 0.6) is 0 Å². The summed E-state index contributed by atoms with van der Waals surface area (Å²) < 4.78 is 12.6. The van der Waals surface area contributed by atoms with Crippen LogP contribution in [0.2, 0.25) is 0 Å². The molecule has 2 rings (SSSR count). The van der Waals surface area contributed by atoms with E-state index in [2.05, 4.69) is 5.32 Å². The first kappa shape index (κ1) is 6.31. The third-order valence-corrected chi connectivity index (χ3v) is 2.69. The average Bonchev–Trinajstić information content (AvgIpc) is 2.27. The fourth-order valence-corrected chi connectivity index (χ4v) is 2.12.